The van der Waals surface area contributed by atoms with Crippen LogP contribution in [0.4, 0.5) is 16.2 Å². The minimum atomic E-state index is -4.03. The van der Waals surface area contributed by atoms with Gasteiger partial charge in [0.15, 0.2) is 5.75 Å². The maximum atomic E-state index is 13.8. The predicted octanol–water partition coefficient (Wildman–Crippen LogP) is 5.33. The number of hydrogen-bond acceptors (Lipinski definition) is 6. The zero-order chi connectivity index (χ0) is 32.3. The topological polar surface area (TPSA) is 128 Å². The highest BCUT2D eigenvalue weighted by Crippen LogP contribution is 2.36. The Hall–Kier alpha value is -4.61. The Kier molecular flexibility index (Phi) is 9.31. The minimum Gasteiger partial charge on any atom is -0.485 e. The Balaban J connectivity index is 1.47. The van der Waals surface area contributed by atoms with Crippen LogP contribution in [0.1, 0.15) is 29.8 Å². The van der Waals surface area contributed by atoms with Crippen LogP contribution < -0.4 is 14.8 Å². The van der Waals surface area contributed by atoms with E-state index in [1.165, 1.54) is 23.1 Å². The molecule has 0 radical (unpaired) electrons. The highest BCUT2D eigenvalue weighted by molar-refractivity contribution is 7.92. The molecule has 10 nitrogen and oxygen atoms in total. The molecule has 5 rings (SSSR count). The van der Waals surface area contributed by atoms with Crippen LogP contribution in [0, 0.1) is 12.8 Å². The van der Waals surface area contributed by atoms with Gasteiger partial charge in [0.05, 0.1) is 41.0 Å². The van der Waals surface area contributed by atoms with E-state index in [9.17, 15) is 23.1 Å². The van der Waals surface area contributed by atoms with Crippen LogP contribution in [-0.4, -0.2) is 74.2 Å². The molecule has 0 aliphatic carbocycles. The van der Waals surface area contributed by atoms with Crippen molar-refractivity contribution in [2.24, 2.45) is 5.92 Å². The summed E-state index contributed by atoms with van der Waals surface area (Å²) in [6, 6.07) is 23.7. The molecule has 0 unspecified atom stereocenters. The van der Waals surface area contributed by atoms with Gasteiger partial charge in [-0.25, -0.2) is 13.2 Å². The number of para-hydroxylation sites is 1. The summed E-state index contributed by atoms with van der Waals surface area (Å²) < 4.78 is 35.9. The van der Waals surface area contributed by atoms with Gasteiger partial charge in [0.1, 0.15) is 6.10 Å². The third kappa shape index (κ3) is 6.89. The maximum Gasteiger partial charge on any atom is 0.321 e. The lowest BCUT2D eigenvalue weighted by Gasteiger charge is -2.38. The van der Waals surface area contributed by atoms with Gasteiger partial charge in [-0.3, -0.25) is 9.52 Å². The molecule has 1 aliphatic heterocycles. The van der Waals surface area contributed by atoms with E-state index in [1.54, 1.807) is 43.1 Å². The average molecular weight is 631 g/mol. The van der Waals surface area contributed by atoms with Gasteiger partial charge < -0.3 is 25.0 Å². The van der Waals surface area contributed by atoms with Crippen LogP contribution in [-0.2, 0) is 10.0 Å². The second-order valence-corrected chi connectivity index (χ2v) is 13.2. The summed E-state index contributed by atoms with van der Waals surface area (Å²) in [7, 11) is -2.37. The van der Waals surface area contributed by atoms with Crippen molar-refractivity contribution in [1.82, 2.24) is 9.80 Å². The molecule has 0 spiro atoms. The van der Waals surface area contributed by atoms with Gasteiger partial charge in [0.2, 0.25) is 0 Å². The number of amides is 3. The van der Waals surface area contributed by atoms with Crippen LogP contribution in [0.25, 0.3) is 10.8 Å². The summed E-state index contributed by atoms with van der Waals surface area (Å²) in [4.78, 5) is 30.3. The number of nitrogens with zero attached hydrogens (tertiary/aromatic N) is 2. The zero-order valence-electron chi connectivity index (χ0n) is 25.7. The Bertz CT molecular complexity index is 1810. The molecule has 4 aromatic carbocycles. The fraction of sp³-hybridized carbons (Fsp3) is 0.294. The van der Waals surface area contributed by atoms with Gasteiger partial charge in [-0.1, -0.05) is 67.1 Å². The number of urea groups is 1. The van der Waals surface area contributed by atoms with Crippen LogP contribution in [0.2, 0.25) is 0 Å². The molecule has 0 fully saturated rings. The number of sulfonamides is 1. The first-order valence-electron chi connectivity index (χ1n) is 14.8. The number of hydrogen-bond donors (Lipinski definition) is 3. The zero-order valence-corrected chi connectivity index (χ0v) is 26.5. The Labute approximate surface area is 263 Å². The quantitative estimate of drug-likeness (QED) is 0.241. The number of anilines is 2. The molecule has 1 aliphatic rings. The lowest BCUT2D eigenvalue weighted by atomic mass is 9.99. The maximum absolute atomic E-state index is 13.8. The van der Waals surface area contributed by atoms with E-state index in [4.69, 9.17) is 4.74 Å². The van der Waals surface area contributed by atoms with Crippen LogP contribution in [0.5, 0.6) is 5.75 Å². The van der Waals surface area contributed by atoms with Gasteiger partial charge in [0.25, 0.3) is 15.9 Å². The molecule has 236 valence electrons. The van der Waals surface area contributed by atoms with E-state index in [2.05, 4.69) is 10.0 Å². The van der Waals surface area contributed by atoms with E-state index in [0.717, 1.165) is 16.3 Å². The fourth-order valence-electron chi connectivity index (χ4n) is 5.36. The SMILES string of the molecule is Cc1ccc(S(=O)(=O)Nc2cccc3c2O[C@@H](CN(C)C(=O)Nc2cccc4ccccc24)[C@H](C)CN([C@@H](C)CO)C3=O)cc1. The lowest BCUT2D eigenvalue weighted by molar-refractivity contribution is 0.0373. The number of rotatable bonds is 8. The lowest BCUT2D eigenvalue weighted by Crippen LogP contribution is -2.50. The molecular weight excluding hydrogens is 592 g/mol. The Morgan fingerprint density at radius 3 is 2.42 bits per heavy atom. The minimum absolute atomic E-state index is 0.0627. The van der Waals surface area contributed by atoms with Gasteiger partial charge in [-0.05, 0) is 49.6 Å². The Morgan fingerprint density at radius 2 is 1.69 bits per heavy atom. The predicted molar refractivity (Wildman–Crippen MR) is 175 cm³/mol. The molecule has 0 saturated carbocycles. The molecule has 3 amide bonds. The van der Waals surface area contributed by atoms with Gasteiger partial charge >= 0.3 is 6.03 Å². The number of nitrogens with one attached hydrogen (secondary N) is 2. The third-order valence-corrected chi connectivity index (χ3v) is 9.48. The smallest absolute Gasteiger partial charge is 0.321 e. The summed E-state index contributed by atoms with van der Waals surface area (Å²) >= 11 is 0. The van der Waals surface area contributed by atoms with Gasteiger partial charge in [-0.15, -0.1) is 0 Å². The van der Waals surface area contributed by atoms with E-state index in [1.807, 2.05) is 56.3 Å². The highest BCUT2D eigenvalue weighted by atomic mass is 32.2. The molecule has 0 bridgehead atoms. The molecule has 0 saturated heterocycles. The number of benzene rings is 4. The molecule has 1 heterocycles. The molecule has 3 atom stereocenters. The third-order valence-electron chi connectivity index (χ3n) is 8.10. The van der Waals surface area contributed by atoms with Crippen molar-refractivity contribution in [1.29, 1.82) is 0 Å². The Morgan fingerprint density at radius 1 is 1.02 bits per heavy atom. The molecular formula is C34H38N4O6S. The molecule has 11 heteroatoms. The van der Waals surface area contributed by atoms with Crippen molar-refractivity contribution in [2.45, 2.75) is 37.8 Å². The van der Waals surface area contributed by atoms with E-state index in [0.29, 0.717) is 5.69 Å². The second kappa shape index (κ2) is 13.2. The number of ether oxygens (including phenoxy) is 1. The van der Waals surface area contributed by atoms with Crippen LogP contribution >= 0.6 is 0 Å². The van der Waals surface area contributed by atoms with Gasteiger partial charge in [0, 0.05) is 24.9 Å². The van der Waals surface area contributed by atoms with Crippen molar-refractivity contribution in [2.75, 3.05) is 36.8 Å². The summed E-state index contributed by atoms with van der Waals surface area (Å²) in [5.74, 6) is -0.631. The van der Waals surface area contributed by atoms with Crippen molar-refractivity contribution < 1.29 is 27.9 Å². The van der Waals surface area contributed by atoms with Crippen LogP contribution in [0.3, 0.4) is 0 Å². The normalized spacial score (nSPS) is 17.4. The number of aliphatic hydroxyl groups excluding tert-OH is 1. The van der Waals surface area contributed by atoms with Crippen molar-refractivity contribution in [3.8, 4) is 5.75 Å². The van der Waals surface area contributed by atoms with Crippen molar-refractivity contribution in [3.63, 3.8) is 0 Å². The van der Waals surface area contributed by atoms with E-state index < -0.39 is 28.1 Å². The summed E-state index contributed by atoms with van der Waals surface area (Å²) in [5, 5.41) is 14.9. The first-order valence-corrected chi connectivity index (χ1v) is 16.3. The number of carbonyl (C=O) groups is 2. The van der Waals surface area contributed by atoms with Crippen molar-refractivity contribution in [3.05, 3.63) is 96.1 Å². The van der Waals surface area contributed by atoms with Crippen molar-refractivity contribution >= 4 is 44.1 Å². The molecule has 4 aromatic rings. The van der Waals surface area contributed by atoms with Crippen LogP contribution in [0.15, 0.2) is 89.8 Å². The molecule has 45 heavy (non-hydrogen) atoms. The number of aliphatic hydroxyl groups is 1. The first kappa shape index (κ1) is 31.8. The molecule has 3 N–H and O–H groups in total. The average Bonchev–Trinajstić information content (AvgIpc) is 3.02. The largest absolute Gasteiger partial charge is 0.485 e. The molecule has 0 aromatic heterocycles. The van der Waals surface area contributed by atoms with E-state index >= 15 is 0 Å². The summed E-state index contributed by atoms with van der Waals surface area (Å²) in [5.41, 5.74) is 1.83. The highest BCUT2D eigenvalue weighted by Gasteiger charge is 2.35. The summed E-state index contributed by atoms with van der Waals surface area (Å²) in [6.45, 7) is 5.63. The van der Waals surface area contributed by atoms with Gasteiger partial charge in [-0.2, -0.15) is 0 Å². The number of carbonyl (C=O) groups excluding carboxylic acids is 2. The first-order chi connectivity index (χ1) is 21.5. The number of likely N-dealkylation sites (N-methyl/N-ethyl adjacent to an activating group) is 1. The second-order valence-electron chi connectivity index (χ2n) is 11.6. The summed E-state index contributed by atoms with van der Waals surface area (Å²) in [6.07, 6.45) is -0.640. The number of aryl methyl sites for hydroxylation is 1. The number of fused-ring (bicyclic) bond motifs is 2. The standard InChI is InChI=1S/C34H38N4O6S/c1-22-15-17-26(18-16-22)45(42,43)36-30-14-8-12-28-32(30)44-31(23(2)19-38(33(28)40)24(3)21-39)20-37(4)34(41)35-29-13-7-10-25-9-5-6-11-27(25)29/h5-18,23-24,31,36,39H,19-21H2,1-4H3,(H,35,41)/t23-,24+,31+/m1/s1. The fourth-order valence-corrected chi connectivity index (χ4v) is 6.42. The van der Waals surface area contributed by atoms with E-state index in [-0.39, 0.29) is 53.5 Å². The monoisotopic (exact) mass is 630 g/mol.